The summed E-state index contributed by atoms with van der Waals surface area (Å²) in [6.07, 6.45) is 14.4. The Bertz CT molecular complexity index is 444. The topological polar surface area (TPSA) is 0 Å². The zero-order valence-corrected chi connectivity index (χ0v) is 10.7. The minimum atomic E-state index is 0.144. The summed E-state index contributed by atoms with van der Waals surface area (Å²) in [5, 5.41) is 0. The van der Waals surface area contributed by atoms with Gasteiger partial charge in [-0.15, -0.1) is 0 Å². The monoisotopic (exact) mass is 212 g/mol. The summed E-state index contributed by atoms with van der Waals surface area (Å²) in [6.45, 7) is 9.05. The lowest BCUT2D eigenvalue weighted by molar-refractivity contribution is 0.547. The Balaban J connectivity index is 2.44. The van der Waals surface area contributed by atoms with E-state index in [1.165, 1.54) is 22.3 Å². The molecule has 0 aliphatic heterocycles. The molecule has 0 heteroatoms. The largest absolute Gasteiger partial charge is 0.0801 e. The Labute approximate surface area is 98.8 Å². The van der Waals surface area contributed by atoms with Crippen LogP contribution in [0.1, 0.15) is 34.1 Å². The third-order valence-electron chi connectivity index (χ3n) is 3.53. The lowest BCUT2D eigenvalue weighted by Crippen LogP contribution is -2.21. The van der Waals surface area contributed by atoms with E-state index in [2.05, 4.69) is 64.2 Å². The molecule has 0 N–H and O–H groups in total. The second-order valence-electron chi connectivity index (χ2n) is 5.30. The molecule has 0 saturated carbocycles. The predicted octanol–water partition coefficient (Wildman–Crippen LogP) is 4.73. The van der Waals surface area contributed by atoms with Gasteiger partial charge in [-0.2, -0.15) is 0 Å². The van der Waals surface area contributed by atoms with Crippen LogP contribution < -0.4 is 0 Å². The number of hydrogen-bond donors (Lipinski definition) is 0. The van der Waals surface area contributed by atoms with Gasteiger partial charge in [0.1, 0.15) is 0 Å². The second-order valence-corrected chi connectivity index (χ2v) is 5.30. The van der Waals surface area contributed by atoms with Gasteiger partial charge in [-0.25, -0.2) is 0 Å². The maximum atomic E-state index is 2.32. The van der Waals surface area contributed by atoms with Crippen molar-refractivity contribution in [3.05, 3.63) is 58.7 Å². The van der Waals surface area contributed by atoms with Crippen LogP contribution in [0.2, 0.25) is 0 Å². The highest BCUT2D eigenvalue weighted by atomic mass is 14.3. The van der Waals surface area contributed by atoms with E-state index in [4.69, 9.17) is 0 Å². The van der Waals surface area contributed by atoms with Gasteiger partial charge < -0.3 is 0 Å². The van der Waals surface area contributed by atoms with Crippen LogP contribution in [0.25, 0.3) is 0 Å². The van der Waals surface area contributed by atoms with Crippen molar-refractivity contribution < 1.29 is 0 Å². The quantitative estimate of drug-likeness (QED) is 0.589. The van der Waals surface area contributed by atoms with Crippen LogP contribution in [0, 0.1) is 5.41 Å². The van der Waals surface area contributed by atoms with Crippen molar-refractivity contribution in [2.75, 3.05) is 0 Å². The Hall–Kier alpha value is -1.30. The van der Waals surface area contributed by atoms with Crippen molar-refractivity contribution in [2.45, 2.75) is 34.1 Å². The van der Waals surface area contributed by atoms with E-state index >= 15 is 0 Å². The summed E-state index contributed by atoms with van der Waals surface area (Å²) in [6, 6.07) is 0. The maximum absolute atomic E-state index is 2.32. The summed E-state index contributed by atoms with van der Waals surface area (Å²) in [5.74, 6) is 0. The van der Waals surface area contributed by atoms with Gasteiger partial charge in [0.2, 0.25) is 0 Å². The Morgan fingerprint density at radius 3 is 2.44 bits per heavy atom. The molecule has 0 spiro atoms. The molecule has 0 bridgehead atoms. The third kappa shape index (κ3) is 1.73. The molecule has 0 heterocycles. The molecule has 0 nitrogen and oxygen atoms in total. The van der Waals surface area contributed by atoms with Crippen LogP contribution in [0.4, 0.5) is 0 Å². The Morgan fingerprint density at radius 1 is 1.12 bits per heavy atom. The van der Waals surface area contributed by atoms with Gasteiger partial charge in [-0.05, 0) is 37.0 Å². The smallest absolute Gasteiger partial charge is 0.0148 e. The standard InChI is InChI=1S/C16H20/c1-12(2)14-10-7-11-15(16(14,3)4)13-8-5-6-9-13/h5-8,10-11H,9H2,1-4H3. The summed E-state index contributed by atoms with van der Waals surface area (Å²) >= 11 is 0. The van der Waals surface area contributed by atoms with Crippen molar-refractivity contribution >= 4 is 0 Å². The molecule has 0 aromatic heterocycles. The van der Waals surface area contributed by atoms with E-state index in [0.29, 0.717) is 0 Å². The summed E-state index contributed by atoms with van der Waals surface area (Å²) in [4.78, 5) is 0. The van der Waals surface area contributed by atoms with E-state index in [-0.39, 0.29) is 5.41 Å². The van der Waals surface area contributed by atoms with E-state index in [1.807, 2.05) is 0 Å². The lowest BCUT2D eigenvalue weighted by Gasteiger charge is -2.34. The first-order valence-corrected chi connectivity index (χ1v) is 5.96. The van der Waals surface area contributed by atoms with Crippen LogP contribution in [0.5, 0.6) is 0 Å². The summed E-state index contributed by atoms with van der Waals surface area (Å²) < 4.78 is 0. The minimum absolute atomic E-state index is 0.144. The highest BCUT2D eigenvalue weighted by Crippen LogP contribution is 2.44. The molecular weight excluding hydrogens is 192 g/mol. The Morgan fingerprint density at radius 2 is 1.88 bits per heavy atom. The molecule has 2 aliphatic carbocycles. The number of rotatable bonds is 1. The van der Waals surface area contributed by atoms with Gasteiger partial charge >= 0.3 is 0 Å². The fourth-order valence-corrected chi connectivity index (χ4v) is 2.75. The van der Waals surface area contributed by atoms with Crippen molar-refractivity contribution in [1.29, 1.82) is 0 Å². The zero-order chi connectivity index (χ0) is 11.8. The predicted molar refractivity (Wildman–Crippen MR) is 71.2 cm³/mol. The van der Waals surface area contributed by atoms with Gasteiger partial charge in [0.05, 0.1) is 0 Å². The van der Waals surface area contributed by atoms with Crippen molar-refractivity contribution in [1.82, 2.24) is 0 Å². The van der Waals surface area contributed by atoms with E-state index in [9.17, 15) is 0 Å². The van der Waals surface area contributed by atoms with Crippen molar-refractivity contribution in [2.24, 2.45) is 5.41 Å². The molecule has 0 amide bonds. The van der Waals surface area contributed by atoms with Gasteiger partial charge in [0, 0.05) is 5.41 Å². The zero-order valence-electron chi connectivity index (χ0n) is 10.7. The highest BCUT2D eigenvalue weighted by Gasteiger charge is 2.30. The molecule has 0 radical (unpaired) electrons. The third-order valence-corrected chi connectivity index (χ3v) is 3.53. The highest BCUT2D eigenvalue weighted by molar-refractivity contribution is 5.54. The first kappa shape index (κ1) is 11.2. The second kappa shape index (κ2) is 3.93. The molecule has 0 saturated heterocycles. The van der Waals surface area contributed by atoms with Crippen molar-refractivity contribution in [3.63, 3.8) is 0 Å². The van der Waals surface area contributed by atoms with E-state index in [1.54, 1.807) is 0 Å². The molecule has 16 heavy (non-hydrogen) atoms. The maximum Gasteiger partial charge on any atom is 0.0148 e. The molecule has 0 aromatic rings. The van der Waals surface area contributed by atoms with Crippen LogP contribution in [0.15, 0.2) is 58.7 Å². The summed E-state index contributed by atoms with van der Waals surface area (Å²) in [7, 11) is 0. The van der Waals surface area contributed by atoms with E-state index in [0.717, 1.165) is 6.42 Å². The average Bonchev–Trinajstić information content (AvgIpc) is 2.68. The number of allylic oxidation sites excluding steroid dienone is 10. The molecule has 0 aromatic carbocycles. The van der Waals surface area contributed by atoms with Crippen LogP contribution in [-0.4, -0.2) is 0 Å². The molecule has 0 atom stereocenters. The first-order chi connectivity index (χ1) is 7.53. The van der Waals surface area contributed by atoms with Crippen molar-refractivity contribution in [3.8, 4) is 0 Å². The van der Waals surface area contributed by atoms with Crippen LogP contribution in [-0.2, 0) is 0 Å². The van der Waals surface area contributed by atoms with Gasteiger partial charge in [0.15, 0.2) is 0 Å². The molecular formula is C16H20. The molecule has 84 valence electrons. The SMILES string of the molecule is CC(C)=C1C=CC=C(C2=CC=CC2)C1(C)C. The lowest BCUT2D eigenvalue weighted by atomic mass is 9.70. The minimum Gasteiger partial charge on any atom is -0.0801 e. The molecule has 2 rings (SSSR count). The molecule has 0 unspecified atom stereocenters. The fraction of sp³-hybridized carbons (Fsp3) is 0.375. The van der Waals surface area contributed by atoms with Gasteiger partial charge in [-0.3, -0.25) is 0 Å². The Kier molecular flexibility index (Phi) is 2.75. The van der Waals surface area contributed by atoms with Gasteiger partial charge in [-0.1, -0.05) is 55.9 Å². The van der Waals surface area contributed by atoms with Crippen LogP contribution in [0.3, 0.4) is 0 Å². The number of hydrogen-bond acceptors (Lipinski definition) is 0. The van der Waals surface area contributed by atoms with Gasteiger partial charge in [0.25, 0.3) is 0 Å². The van der Waals surface area contributed by atoms with E-state index < -0.39 is 0 Å². The molecule has 2 aliphatic rings. The average molecular weight is 212 g/mol. The fourth-order valence-electron chi connectivity index (χ4n) is 2.75. The first-order valence-electron chi connectivity index (χ1n) is 5.96. The normalized spacial score (nSPS) is 22.1. The molecule has 0 fully saturated rings. The van der Waals surface area contributed by atoms with Crippen LogP contribution >= 0.6 is 0 Å². The summed E-state index contributed by atoms with van der Waals surface area (Å²) in [5.41, 5.74) is 5.95.